The molecule has 1 aromatic heterocycles. The van der Waals surface area contributed by atoms with Gasteiger partial charge in [0.05, 0.1) is 5.39 Å². The van der Waals surface area contributed by atoms with Gasteiger partial charge in [0, 0.05) is 6.92 Å². The maximum atomic E-state index is 10.8. The van der Waals surface area contributed by atoms with Crippen molar-refractivity contribution >= 4 is 29.5 Å². The molecule has 2 rings (SSSR count). The topological polar surface area (TPSA) is 86.6 Å². The second kappa shape index (κ2) is 3.95. The van der Waals surface area contributed by atoms with Crippen molar-refractivity contribution in [1.29, 1.82) is 0 Å². The summed E-state index contributed by atoms with van der Waals surface area (Å²) in [7, 11) is -1.54. The zero-order valence-electron chi connectivity index (χ0n) is 8.54. The summed E-state index contributed by atoms with van der Waals surface area (Å²) >= 11 is 0. The SMILES string of the molecule is CC(=O)N[n+]1cc2ccc(B(O)O)cc2o1. The number of benzene rings is 1. The first-order valence-electron chi connectivity index (χ1n) is 4.65. The third kappa shape index (κ3) is 2.05. The number of hydrogen-bond donors (Lipinski definition) is 3. The number of hydrogen-bond acceptors (Lipinski definition) is 4. The monoisotopic (exact) mass is 221 g/mol. The summed E-state index contributed by atoms with van der Waals surface area (Å²) in [6.45, 7) is 1.36. The molecule has 2 aromatic rings. The first-order valence-corrected chi connectivity index (χ1v) is 4.65. The maximum Gasteiger partial charge on any atom is 0.488 e. The van der Waals surface area contributed by atoms with Crippen LogP contribution in [-0.4, -0.2) is 23.1 Å². The normalized spacial score (nSPS) is 10.4. The van der Waals surface area contributed by atoms with Crippen LogP contribution < -0.4 is 15.7 Å². The maximum absolute atomic E-state index is 10.8. The van der Waals surface area contributed by atoms with Crippen LogP contribution in [0.2, 0.25) is 0 Å². The molecule has 0 unspecified atom stereocenters. The Hall–Kier alpha value is -1.86. The van der Waals surface area contributed by atoms with Crippen molar-refractivity contribution in [1.82, 2.24) is 0 Å². The Morgan fingerprint density at radius 3 is 2.88 bits per heavy atom. The summed E-state index contributed by atoms with van der Waals surface area (Å²) < 4.78 is 5.23. The van der Waals surface area contributed by atoms with E-state index >= 15 is 0 Å². The molecule has 0 bridgehead atoms. The zero-order valence-corrected chi connectivity index (χ0v) is 8.54. The highest BCUT2D eigenvalue weighted by molar-refractivity contribution is 6.58. The lowest BCUT2D eigenvalue weighted by atomic mass is 9.80. The Labute approximate surface area is 91.2 Å². The van der Waals surface area contributed by atoms with Gasteiger partial charge in [0.1, 0.15) is 4.85 Å². The van der Waals surface area contributed by atoms with Crippen molar-refractivity contribution in [2.75, 3.05) is 5.43 Å². The number of nitrogens with zero attached hydrogens (tertiary/aromatic N) is 1. The van der Waals surface area contributed by atoms with Crippen molar-refractivity contribution in [3.05, 3.63) is 24.4 Å². The van der Waals surface area contributed by atoms with E-state index < -0.39 is 7.12 Å². The Balaban J connectivity index is 2.41. The number of rotatable bonds is 2. The van der Waals surface area contributed by atoms with Gasteiger partial charge in [-0.15, -0.1) is 0 Å². The number of amides is 1. The second-order valence-corrected chi connectivity index (χ2v) is 3.39. The minimum atomic E-state index is -1.54. The third-order valence-electron chi connectivity index (χ3n) is 2.06. The van der Waals surface area contributed by atoms with Crippen LogP contribution in [0, 0.1) is 0 Å². The molecule has 0 saturated carbocycles. The number of aromatic nitrogens is 1. The average Bonchev–Trinajstić information content (AvgIpc) is 2.56. The molecule has 0 fully saturated rings. The van der Waals surface area contributed by atoms with Gasteiger partial charge in [0.25, 0.3) is 12.1 Å². The van der Waals surface area contributed by atoms with Crippen LogP contribution >= 0.6 is 0 Å². The standard InChI is InChI=1S/C9H9BN2O4/c1-6(13)11-12-5-7-2-3-8(10(14)15)4-9(7)16-12/h2-5,14-15H,1H3/p+1. The van der Waals surface area contributed by atoms with Gasteiger partial charge in [-0.2, -0.15) is 0 Å². The van der Waals surface area contributed by atoms with Crippen LogP contribution in [0.1, 0.15) is 6.92 Å². The fourth-order valence-electron chi connectivity index (χ4n) is 1.37. The van der Waals surface area contributed by atoms with E-state index in [9.17, 15) is 4.79 Å². The average molecular weight is 221 g/mol. The first kappa shape index (κ1) is 10.7. The molecule has 0 aliphatic rings. The van der Waals surface area contributed by atoms with E-state index in [-0.39, 0.29) is 5.91 Å². The van der Waals surface area contributed by atoms with E-state index in [0.717, 1.165) is 5.39 Å². The second-order valence-electron chi connectivity index (χ2n) is 3.39. The van der Waals surface area contributed by atoms with Crippen molar-refractivity contribution in [2.45, 2.75) is 6.92 Å². The van der Waals surface area contributed by atoms with E-state index in [2.05, 4.69) is 5.43 Å². The molecule has 0 aliphatic carbocycles. The molecule has 16 heavy (non-hydrogen) atoms. The molecule has 1 aromatic carbocycles. The summed E-state index contributed by atoms with van der Waals surface area (Å²) in [6.07, 6.45) is 1.59. The lowest BCUT2D eigenvalue weighted by Crippen LogP contribution is -2.45. The van der Waals surface area contributed by atoms with Gasteiger partial charge in [0.15, 0.2) is 0 Å². The Kier molecular flexibility index (Phi) is 2.63. The van der Waals surface area contributed by atoms with Gasteiger partial charge in [-0.25, -0.2) is 4.52 Å². The lowest BCUT2D eigenvalue weighted by molar-refractivity contribution is -0.816. The van der Waals surface area contributed by atoms with E-state index in [1.807, 2.05) is 0 Å². The van der Waals surface area contributed by atoms with Crippen molar-refractivity contribution in [3.63, 3.8) is 0 Å². The molecule has 0 radical (unpaired) electrons. The fraction of sp³-hybridized carbons (Fsp3) is 0.111. The van der Waals surface area contributed by atoms with Crippen molar-refractivity contribution < 1.29 is 24.2 Å². The molecule has 6 nitrogen and oxygen atoms in total. The smallest absolute Gasteiger partial charge is 0.423 e. The van der Waals surface area contributed by atoms with E-state index in [1.165, 1.54) is 17.8 Å². The van der Waals surface area contributed by atoms with Gasteiger partial charge in [-0.3, -0.25) is 4.79 Å². The van der Waals surface area contributed by atoms with E-state index in [4.69, 9.17) is 14.6 Å². The molecule has 0 aliphatic heterocycles. The van der Waals surface area contributed by atoms with E-state index in [0.29, 0.717) is 11.0 Å². The highest BCUT2D eigenvalue weighted by Gasteiger charge is 2.17. The number of fused-ring (bicyclic) bond motifs is 1. The van der Waals surface area contributed by atoms with E-state index in [1.54, 1.807) is 18.3 Å². The summed E-state index contributed by atoms with van der Waals surface area (Å²) in [5.74, 6) is -0.258. The first-order chi connectivity index (χ1) is 7.56. The molecule has 1 heterocycles. The van der Waals surface area contributed by atoms with Crippen LogP contribution in [0.5, 0.6) is 0 Å². The quantitative estimate of drug-likeness (QED) is 0.425. The zero-order chi connectivity index (χ0) is 11.7. The van der Waals surface area contributed by atoms with Crippen LogP contribution in [0.25, 0.3) is 11.0 Å². The minimum Gasteiger partial charge on any atom is -0.423 e. The third-order valence-corrected chi connectivity index (χ3v) is 2.06. The molecule has 0 saturated heterocycles. The molecule has 0 atom stereocenters. The Bertz CT molecular complexity index is 537. The lowest BCUT2D eigenvalue weighted by Gasteiger charge is -1.95. The largest absolute Gasteiger partial charge is 0.488 e. The predicted octanol–water partition coefficient (Wildman–Crippen LogP) is -1.51. The minimum absolute atomic E-state index is 0.258. The van der Waals surface area contributed by atoms with Crippen molar-refractivity contribution in [2.24, 2.45) is 0 Å². The molecular weight excluding hydrogens is 211 g/mol. The molecule has 82 valence electrons. The number of carbonyl (C=O) groups excluding carboxylic acids is 1. The predicted molar refractivity (Wildman–Crippen MR) is 56.3 cm³/mol. The summed E-state index contributed by atoms with van der Waals surface area (Å²) in [5, 5.41) is 18.7. The Morgan fingerprint density at radius 1 is 1.50 bits per heavy atom. The molecule has 0 spiro atoms. The summed E-state index contributed by atoms with van der Waals surface area (Å²) in [5.41, 5.74) is 3.22. The molecule has 7 heteroatoms. The van der Waals surface area contributed by atoms with Gasteiger partial charge in [-0.1, -0.05) is 11.5 Å². The van der Waals surface area contributed by atoms with Crippen LogP contribution in [0.3, 0.4) is 0 Å². The van der Waals surface area contributed by atoms with Crippen LogP contribution in [0.15, 0.2) is 28.9 Å². The van der Waals surface area contributed by atoms with Gasteiger partial charge >= 0.3 is 7.12 Å². The number of nitrogens with one attached hydrogen (secondary N) is 1. The molecular formula is C9H10BN2O4+. The van der Waals surface area contributed by atoms with Gasteiger partial charge in [0.2, 0.25) is 5.58 Å². The highest BCUT2D eigenvalue weighted by atomic mass is 16.5. The van der Waals surface area contributed by atoms with Gasteiger partial charge in [-0.05, 0) is 17.6 Å². The molecule has 3 N–H and O–H groups in total. The highest BCUT2D eigenvalue weighted by Crippen LogP contribution is 2.09. The Morgan fingerprint density at radius 2 is 2.25 bits per heavy atom. The van der Waals surface area contributed by atoms with Crippen LogP contribution in [-0.2, 0) is 4.79 Å². The summed E-state index contributed by atoms with van der Waals surface area (Å²) in [4.78, 5) is 12.0. The number of carbonyl (C=O) groups is 1. The van der Waals surface area contributed by atoms with Crippen LogP contribution in [0.4, 0.5) is 0 Å². The van der Waals surface area contributed by atoms with Gasteiger partial charge < -0.3 is 10.0 Å². The fourth-order valence-corrected chi connectivity index (χ4v) is 1.37. The molecule has 1 amide bonds. The summed E-state index contributed by atoms with van der Waals surface area (Å²) in [6, 6.07) is 4.74. The van der Waals surface area contributed by atoms with Crippen molar-refractivity contribution in [3.8, 4) is 0 Å².